The van der Waals surface area contributed by atoms with E-state index in [1.165, 1.54) is 6.92 Å². The summed E-state index contributed by atoms with van der Waals surface area (Å²) in [7, 11) is 1.13. The van der Waals surface area contributed by atoms with Crippen LogP contribution in [0.3, 0.4) is 0 Å². The number of rotatable bonds is 11. The molecule has 20 unspecified atom stereocenters. The highest BCUT2D eigenvalue weighted by Gasteiger charge is 2.56. The first kappa shape index (κ1) is 38.5. The lowest BCUT2D eigenvalue weighted by molar-refractivity contribution is -0.384. The Bertz CT molecular complexity index is 1010. The van der Waals surface area contributed by atoms with Gasteiger partial charge in [-0.1, -0.05) is 0 Å². The highest BCUT2D eigenvalue weighted by molar-refractivity contribution is 5.73. The van der Waals surface area contributed by atoms with Crippen LogP contribution in [0.4, 0.5) is 0 Å². The molecule has 0 aliphatic carbocycles. The van der Waals surface area contributed by atoms with Gasteiger partial charge in [0.15, 0.2) is 25.0 Å². The molecule has 0 aromatic rings. The number of carboxylic acid groups (broad SMARTS) is 1. The van der Waals surface area contributed by atoms with Gasteiger partial charge in [-0.05, 0) is 6.92 Å². The fraction of sp³-hybridized carbons (Fsp3) is 0.962. The molecule has 0 aromatic carbocycles. The van der Waals surface area contributed by atoms with E-state index in [1.54, 1.807) is 0 Å². The SMILES string of the molecule is COC1C(O)C(CO)OC(OC2C(O)C(OC3C(O)C(CO)OC(OC4C(O)C(C)OC(CO)C4O)C3O)OC(C(=O)O)C2O)C1O. The van der Waals surface area contributed by atoms with Gasteiger partial charge in [0.05, 0.1) is 25.9 Å². The largest absolute Gasteiger partial charge is 0.479 e. The Hall–Kier alpha value is -1.29. The van der Waals surface area contributed by atoms with Crippen molar-refractivity contribution < 1.29 is 104 Å². The van der Waals surface area contributed by atoms with E-state index in [2.05, 4.69) is 0 Å². The molecule has 0 spiro atoms. The van der Waals surface area contributed by atoms with Crippen molar-refractivity contribution in [2.75, 3.05) is 26.9 Å². The van der Waals surface area contributed by atoms with Crippen LogP contribution in [0.5, 0.6) is 0 Å². The maximum absolute atomic E-state index is 12.0. The van der Waals surface area contributed by atoms with Crippen LogP contribution in [0.2, 0.25) is 0 Å². The molecule has 12 N–H and O–H groups in total. The first-order valence-corrected chi connectivity index (χ1v) is 14.8. The quantitative estimate of drug-likeness (QED) is 0.0956. The first-order chi connectivity index (χ1) is 22.2. The zero-order valence-corrected chi connectivity index (χ0v) is 25.2. The Morgan fingerprint density at radius 2 is 0.894 bits per heavy atom. The van der Waals surface area contributed by atoms with Crippen LogP contribution in [0, 0.1) is 0 Å². The van der Waals surface area contributed by atoms with Gasteiger partial charge in [0.2, 0.25) is 0 Å². The minimum atomic E-state index is -2.18. The van der Waals surface area contributed by atoms with Gasteiger partial charge in [-0.15, -0.1) is 0 Å². The Kier molecular flexibility index (Phi) is 13.2. The fourth-order valence-electron chi connectivity index (χ4n) is 5.98. The standard InChI is InChI=1S/C26H44O21/c1-6-10(30)19(12(32)7(3-27)41-6)44-25-16(36)20(13(33)9(5-29)43-25)45-26-17(37)21(14(34)22(47-26)23(38)39)46-24-15(35)18(40-2)11(31)8(4-28)42-24/h6-22,24-37H,3-5H2,1-2H3,(H,38,39). The van der Waals surface area contributed by atoms with Crippen LogP contribution >= 0.6 is 0 Å². The van der Waals surface area contributed by atoms with E-state index < -0.39 is 148 Å². The number of hydrogen-bond donors (Lipinski definition) is 12. The second-order valence-electron chi connectivity index (χ2n) is 11.7. The monoisotopic (exact) mass is 692 g/mol. The summed E-state index contributed by atoms with van der Waals surface area (Å²) >= 11 is 0. The molecule has 21 nitrogen and oxygen atoms in total. The summed E-state index contributed by atoms with van der Waals surface area (Å²) < 4.78 is 43.2. The molecule has 20 atom stereocenters. The van der Waals surface area contributed by atoms with Gasteiger partial charge in [-0.25, -0.2) is 4.79 Å². The van der Waals surface area contributed by atoms with Crippen molar-refractivity contribution in [3.63, 3.8) is 0 Å². The normalized spacial score (nSPS) is 51.1. The maximum atomic E-state index is 12.0. The van der Waals surface area contributed by atoms with E-state index in [-0.39, 0.29) is 0 Å². The molecule has 274 valence electrons. The minimum absolute atomic E-state index is 0.664. The predicted molar refractivity (Wildman–Crippen MR) is 143 cm³/mol. The summed E-state index contributed by atoms with van der Waals surface area (Å²) in [4.78, 5) is 12.0. The molecule has 4 fully saturated rings. The summed E-state index contributed by atoms with van der Waals surface area (Å²) in [5.74, 6) is -1.77. The summed E-state index contributed by atoms with van der Waals surface area (Å²) in [6.45, 7) is -0.907. The van der Waals surface area contributed by atoms with Crippen LogP contribution < -0.4 is 0 Å². The lowest BCUT2D eigenvalue weighted by atomic mass is 9.94. The van der Waals surface area contributed by atoms with Crippen LogP contribution in [0.25, 0.3) is 0 Å². The predicted octanol–water partition coefficient (Wildman–Crippen LogP) is -7.93. The van der Waals surface area contributed by atoms with Crippen LogP contribution in [0.15, 0.2) is 0 Å². The zero-order chi connectivity index (χ0) is 34.9. The number of aliphatic hydroxyl groups excluding tert-OH is 11. The van der Waals surface area contributed by atoms with Gasteiger partial charge in [0, 0.05) is 7.11 Å². The maximum Gasteiger partial charge on any atom is 0.335 e. The average Bonchev–Trinajstić information content (AvgIpc) is 3.04. The topological polar surface area (TPSA) is 334 Å². The number of carbonyl (C=O) groups is 1. The third-order valence-corrected chi connectivity index (χ3v) is 8.68. The second-order valence-corrected chi connectivity index (χ2v) is 11.7. The van der Waals surface area contributed by atoms with E-state index >= 15 is 0 Å². The number of carboxylic acids is 1. The van der Waals surface area contributed by atoms with Gasteiger partial charge < -0.3 is 99.2 Å². The lowest BCUT2D eigenvalue weighted by Gasteiger charge is -2.49. The molecule has 0 saturated carbocycles. The Morgan fingerprint density at radius 3 is 1.32 bits per heavy atom. The first-order valence-electron chi connectivity index (χ1n) is 14.8. The van der Waals surface area contributed by atoms with E-state index in [4.69, 9.17) is 37.9 Å². The van der Waals surface area contributed by atoms with Gasteiger partial charge in [0.1, 0.15) is 91.6 Å². The Morgan fingerprint density at radius 1 is 0.532 bits per heavy atom. The van der Waals surface area contributed by atoms with Gasteiger partial charge in [0.25, 0.3) is 0 Å². The molecule has 4 aliphatic rings. The third-order valence-electron chi connectivity index (χ3n) is 8.68. The number of methoxy groups -OCH3 is 1. The molecule has 0 radical (unpaired) electrons. The average molecular weight is 693 g/mol. The molecule has 4 aliphatic heterocycles. The molecule has 47 heavy (non-hydrogen) atoms. The van der Waals surface area contributed by atoms with Gasteiger partial charge >= 0.3 is 5.97 Å². The summed E-state index contributed by atoms with van der Waals surface area (Å²) in [6, 6.07) is 0. The molecule has 0 amide bonds. The van der Waals surface area contributed by atoms with Crippen LogP contribution in [-0.2, 0) is 42.7 Å². The molecule has 0 aromatic heterocycles. The summed E-state index contributed by atoms with van der Waals surface area (Å²) in [6.07, 6.45) is -34.5. The summed E-state index contributed by atoms with van der Waals surface area (Å²) in [5.41, 5.74) is 0. The van der Waals surface area contributed by atoms with E-state index in [0.717, 1.165) is 7.11 Å². The van der Waals surface area contributed by atoms with Crippen molar-refractivity contribution >= 4 is 5.97 Å². The van der Waals surface area contributed by atoms with Crippen molar-refractivity contribution in [2.45, 2.75) is 130 Å². The Balaban J connectivity index is 1.56. The molecule has 4 rings (SSSR count). The van der Waals surface area contributed by atoms with Crippen molar-refractivity contribution in [1.82, 2.24) is 0 Å². The number of aliphatic carboxylic acids is 1. The van der Waals surface area contributed by atoms with E-state index in [9.17, 15) is 66.1 Å². The molecule has 21 heteroatoms. The van der Waals surface area contributed by atoms with Crippen LogP contribution in [-0.4, -0.2) is 217 Å². The molecular weight excluding hydrogens is 648 g/mol. The molecule has 4 heterocycles. The molecule has 4 saturated heterocycles. The smallest absolute Gasteiger partial charge is 0.335 e. The second kappa shape index (κ2) is 16.2. The number of hydrogen-bond acceptors (Lipinski definition) is 20. The van der Waals surface area contributed by atoms with Crippen molar-refractivity contribution in [1.29, 1.82) is 0 Å². The fourth-order valence-corrected chi connectivity index (χ4v) is 5.98. The highest BCUT2D eigenvalue weighted by atomic mass is 16.8. The number of ether oxygens (including phenoxy) is 8. The van der Waals surface area contributed by atoms with Crippen molar-refractivity contribution in [2.24, 2.45) is 0 Å². The zero-order valence-electron chi connectivity index (χ0n) is 25.2. The number of aliphatic hydroxyl groups is 11. The minimum Gasteiger partial charge on any atom is -0.479 e. The van der Waals surface area contributed by atoms with E-state index in [1.807, 2.05) is 0 Å². The highest BCUT2D eigenvalue weighted by Crippen LogP contribution is 2.34. The van der Waals surface area contributed by atoms with Crippen molar-refractivity contribution in [3.8, 4) is 0 Å². The van der Waals surface area contributed by atoms with Crippen LogP contribution in [0.1, 0.15) is 6.92 Å². The van der Waals surface area contributed by atoms with Gasteiger partial charge in [-0.2, -0.15) is 0 Å². The molecule has 0 bridgehead atoms. The van der Waals surface area contributed by atoms with E-state index in [0.29, 0.717) is 0 Å². The lowest BCUT2D eigenvalue weighted by Crippen LogP contribution is -2.68. The molecular formula is C26H44O21. The Labute approximate surface area is 266 Å². The third kappa shape index (κ3) is 7.73. The van der Waals surface area contributed by atoms with Crippen molar-refractivity contribution in [3.05, 3.63) is 0 Å². The van der Waals surface area contributed by atoms with Gasteiger partial charge in [-0.3, -0.25) is 0 Å². The summed E-state index contributed by atoms with van der Waals surface area (Å²) in [5, 5.41) is 125.